The number of allylic oxidation sites excluding steroid dienone is 1. The van der Waals surface area contributed by atoms with E-state index in [0.717, 1.165) is 6.42 Å². The fourth-order valence-electron chi connectivity index (χ4n) is 2.42. The second-order valence-electron chi connectivity index (χ2n) is 3.89. The molecule has 0 spiro atoms. The lowest BCUT2D eigenvalue weighted by atomic mass is 9.89. The van der Waals surface area contributed by atoms with E-state index in [-0.39, 0.29) is 5.78 Å². The Morgan fingerprint density at radius 2 is 2.42 bits per heavy atom. The van der Waals surface area contributed by atoms with Gasteiger partial charge in [-0.1, -0.05) is 12.2 Å². The van der Waals surface area contributed by atoms with E-state index in [2.05, 4.69) is 12.2 Å². The Kier molecular flexibility index (Phi) is 1.62. The lowest BCUT2D eigenvalue weighted by Gasteiger charge is -2.26. The molecule has 0 saturated heterocycles. The summed E-state index contributed by atoms with van der Waals surface area (Å²) >= 11 is 0. The summed E-state index contributed by atoms with van der Waals surface area (Å²) in [6.07, 6.45) is 6.05. The number of methoxy groups -OCH3 is 1. The molecule has 1 fully saturated rings. The quantitative estimate of drug-likeness (QED) is 0.552. The summed E-state index contributed by atoms with van der Waals surface area (Å²) in [5, 5.41) is 0. The standard InChI is InChI=1S/C10H14O2/c1-10(12-2)8-5-3-4-7(8)6-9(10)11/h3,5,7-8H,4,6H2,1-2H3. The number of hydrogen-bond acceptors (Lipinski definition) is 2. The summed E-state index contributed by atoms with van der Waals surface area (Å²) in [5.74, 6) is 1.11. The first kappa shape index (κ1) is 7.99. The maximum absolute atomic E-state index is 11.6. The number of rotatable bonds is 1. The van der Waals surface area contributed by atoms with Gasteiger partial charge in [0.2, 0.25) is 0 Å². The SMILES string of the molecule is COC1(C)C(=O)CC2CC=CC21. The maximum Gasteiger partial charge on any atom is 0.165 e. The zero-order valence-corrected chi connectivity index (χ0v) is 7.54. The van der Waals surface area contributed by atoms with Crippen molar-refractivity contribution in [3.63, 3.8) is 0 Å². The van der Waals surface area contributed by atoms with Crippen LogP contribution in [0.4, 0.5) is 0 Å². The Bertz CT molecular complexity index is 244. The molecule has 0 aromatic carbocycles. The van der Waals surface area contributed by atoms with Crippen molar-refractivity contribution in [1.29, 1.82) is 0 Å². The first-order valence-electron chi connectivity index (χ1n) is 4.43. The first-order chi connectivity index (χ1) is 5.68. The van der Waals surface area contributed by atoms with Crippen molar-refractivity contribution in [3.05, 3.63) is 12.2 Å². The van der Waals surface area contributed by atoms with Gasteiger partial charge in [-0.2, -0.15) is 0 Å². The van der Waals surface area contributed by atoms with Crippen molar-refractivity contribution in [3.8, 4) is 0 Å². The van der Waals surface area contributed by atoms with Crippen LogP contribution in [0.15, 0.2) is 12.2 Å². The minimum Gasteiger partial charge on any atom is -0.370 e. The highest BCUT2D eigenvalue weighted by Crippen LogP contribution is 2.45. The summed E-state index contributed by atoms with van der Waals surface area (Å²) in [5.41, 5.74) is -0.530. The van der Waals surface area contributed by atoms with E-state index >= 15 is 0 Å². The molecule has 0 N–H and O–H groups in total. The minimum absolute atomic E-state index is 0.268. The third-order valence-corrected chi connectivity index (χ3v) is 3.35. The van der Waals surface area contributed by atoms with E-state index in [9.17, 15) is 4.79 Å². The van der Waals surface area contributed by atoms with E-state index in [1.165, 1.54) is 0 Å². The molecule has 0 radical (unpaired) electrons. The lowest BCUT2D eigenvalue weighted by Crippen LogP contribution is -2.38. The average molecular weight is 166 g/mol. The molecule has 2 rings (SSSR count). The molecule has 0 bridgehead atoms. The summed E-state index contributed by atoms with van der Waals surface area (Å²) < 4.78 is 5.32. The lowest BCUT2D eigenvalue weighted by molar-refractivity contribution is -0.137. The fraction of sp³-hybridized carbons (Fsp3) is 0.700. The fourth-order valence-corrected chi connectivity index (χ4v) is 2.42. The highest BCUT2D eigenvalue weighted by molar-refractivity contribution is 5.90. The van der Waals surface area contributed by atoms with Gasteiger partial charge in [-0.25, -0.2) is 0 Å². The van der Waals surface area contributed by atoms with Crippen LogP contribution in [0.2, 0.25) is 0 Å². The Morgan fingerprint density at radius 3 is 3.08 bits per heavy atom. The van der Waals surface area contributed by atoms with Crippen LogP contribution < -0.4 is 0 Å². The van der Waals surface area contributed by atoms with Crippen LogP contribution in [0.3, 0.4) is 0 Å². The highest BCUT2D eigenvalue weighted by atomic mass is 16.5. The average Bonchev–Trinajstić information content (AvgIpc) is 2.57. The second-order valence-corrected chi connectivity index (χ2v) is 3.89. The van der Waals surface area contributed by atoms with Crippen molar-refractivity contribution in [2.75, 3.05) is 7.11 Å². The van der Waals surface area contributed by atoms with Gasteiger partial charge in [-0.15, -0.1) is 0 Å². The van der Waals surface area contributed by atoms with Crippen LogP contribution in [-0.2, 0) is 9.53 Å². The van der Waals surface area contributed by atoms with Gasteiger partial charge in [0, 0.05) is 19.4 Å². The van der Waals surface area contributed by atoms with Crippen LogP contribution in [0.5, 0.6) is 0 Å². The minimum atomic E-state index is -0.530. The van der Waals surface area contributed by atoms with Crippen molar-refractivity contribution < 1.29 is 9.53 Å². The van der Waals surface area contributed by atoms with Gasteiger partial charge in [0.05, 0.1) is 0 Å². The molecule has 2 heteroatoms. The number of ketones is 1. The predicted molar refractivity (Wildman–Crippen MR) is 45.8 cm³/mol. The van der Waals surface area contributed by atoms with Crippen LogP contribution in [0.1, 0.15) is 19.8 Å². The maximum atomic E-state index is 11.6. The normalized spacial score (nSPS) is 45.3. The molecule has 3 atom stereocenters. The number of carbonyl (C=O) groups is 1. The molecule has 0 heterocycles. The molecule has 0 aromatic heterocycles. The Hall–Kier alpha value is -0.630. The summed E-state index contributed by atoms with van der Waals surface area (Å²) in [4.78, 5) is 11.6. The monoisotopic (exact) mass is 166 g/mol. The molecule has 2 aliphatic carbocycles. The van der Waals surface area contributed by atoms with Crippen molar-refractivity contribution in [2.45, 2.75) is 25.4 Å². The molecule has 0 aromatic rings. The van der Waals surface area contributed by atoms with Gasteiger partial charge in [0.25, 0.3) is 0 Å². The molecule has 0 aliphatic heterocycles. The molecular weight excluding hydrogens is 152 g/mol. The van der Waals surface area contributed by atoms with E-state index in [1.807, 2.05) is 6.92 Å². The van der Waals surface area contributed by atoms with Crippen LogP contribution in [0.25, 0.3) is 0 Å². The number of Topliss-reactive ketones (excluding diaryl/α,β-unsaturated/α-hetero) is 1. The van der Waals surface area contributed by atoms with Crippen molar-refractivity contribution in [2.24, 2.45) is 11.8 Å². The largest absolute Gasteiger partial charge is 0.370 e. The molecule has 2 nitrogen and oxygen atoms in total. The Labute approximate surface area is 72.6 Å². The van der Waals surface area contributed by atoms with Gasteiger partial charge in [0.15, 0.2) is 5.78 Å². The number of ether oxygens (including phenoxy) is 1. The molecule has 1 saturated carbocycles. The zero-order valence-electron chi connectivity index (χ0n) is 7.54. The number of fused-ring (bicyclic) bond motifs is 1. The van der Waals surface area contributed by atoms with E-state index in [0.29, 0.717) is 18.3 Å². The zero-order chi connectivity index (χ0) is 8.77. The first-order valence-corrected chi connectivity index (χ1v) is 4.43. The van der Waals surface area contributed by atoms with E-state index in [1.54, 1.807) is 7.11 Å². The molecule has 2 aliphatic rings. The third-order valence-electron chi connectivity index (χ3n) is 3.35. The summed E-state index contributed by atoms with van der Waals surface area (Å²) in [7, 11) is 1.63. The number of carbonyl (C=O) groups excluding carboxylic acids is 1. The van der Waals surface area contributed by atoms with Gasteiger partial charge in [-0.05, 0) is 19.3 Å². The van der Waals surface area contributed by atoms with Crippen molar-refractivity contribution >= 4 is 5.78 Å². The topological polar surface area (TPSA) is 26.3 Å². The Balaban J connectivity index is 2.32. The number of hydrogen-bond donors (Lipinski definition) is 0. The van der Waals surface area contributed by atoms with Gasteiger partial charge < -0.3 is 4.74 Å². The van der Waals surface area contributed by atoms with Gasteiger partial charge in [-0.3, -0.25) is 4.79 Å². The van der Waals surface area contributed by atoms with Crippen LogP contribution in [0, 0.1) is 11.8 Å². The van der Waals surface area contributed by atoms with Gasteiger partial charge in [0.1, 0.15) is 5.60 Å². The third kappa shape index (κ3) is 0.816. The Morgan fingerprint density at radius 1 is 1.67 bits per heavy atom. The van der Waals surface area contributed by atoms with Crippen LogP contribution >= 0.6 is 0 Å². The summed E-state index contributed by atoms with van der Waals surface area (Å²) in [6, 6.07) is 0. The van der Waals surface area contributed by atoms with E-state index in [4.69, 9.17) is 4.74 Å². The summed E-state index contributed by atoms with van der Waals surface area (Å²) in [6.45, 7) is 1.91. The molecule has 0 amide bonds. The predicted octanol–water partition coefficient (Wildman–Crippen LogP) is 1.56. The molecule has 3 unspecified atom stereocenters. The van der Waals surface area contributed by atoms with Crippen LogP contribution in [-0.4, -0.2) is 18.5 Å². The molecule has 12 heavy (non-hydrogen) atoms. The van der Waals surface area contributed by atoms with Gasteiger partial charge >= 0.3 is 0 Å². The smallest absolute Gasteiger partial charge is 0.165 e. The molecular formula is C10H14O2. The van der Waals surface area contributed by atoms with Crippen molar-refractivity contribution in [1.82, 2.24) is 0 Å². The second kappa shape index (κ2) is 2.43. The molecule has 66 valence electrons. The van der Waals surface area contributed by atoms with E-state index < -0.39 is 5.60 Å². The highest BCUT2D eigenvalue weighted by Gasteiger charge is 2.51.